The van der Waals surface area contributed by atoms with Crippen molar-refractivity contribution in [1.82, 2.24) is 15.2 Å². The first kappa shape index (κ1) is 37.6. The van der Waals surface area contributed by atoms with Crippen LogP contribution in [-0.4, -0.2) is 45.5 Å². The highest BCUT2D eigenvalue weighted by Gasteiger charge is 2.51. The van der Waals surface area contributed by atoms with E-state index in [2.05, 4.69) is 90.0 Å². The van der Waals surface area contributed by atoms with Gasteiger partial charge in [0.1, 0.15) is 6.04 Å². The molecule has 2 aromatic rings. The van der Waals surface area contributed by atoms with Crippen LogP contribution in [-0.2, 0) is 9.59 Å². The fourth-order valence-corrected chi connectivity index (χ4v) is 9.46. The summed E-state index contributed by atoms with van der Waals surface area (Å²) in [7, 11) is 0. The molecule has 1 saturated carbocycles. The van der Waals surface area contributed by atoms with Crippen molar-refractivity contribution >= 4 is 23.2 Å². The van der Waals surface area contributed by atoms with E-state index in [9.17, 15) is 14.7 Å². The van der Waals surface area contributed by atoms with Crippen molar-refractivity contribution in [1.29, 1.82) is 0 Å². The summed E-state index contributed by atoms with van der Waals surface area (Å²) in [4.78, 5) is 36.0. The summed E-state index contributed by atoms with van der Waals surface area (Å²) in [5.74, 6) is -0.412. The standard InChI is InChI=1S/C40H63N3O3S/c1-27(29-16-18-30(19-17-29)33-28(2)41-26-47-33)42-35(45)32-24-31(44)25-43(32)36(46)34(37(3,4)5)39(9)20-13-11-12-14-22-40(10,23-15-21-39)38(6,7)8/h16-19,26-27,31-32,34,44H,11-15,20-25H2,1-10H3,(H,42,45)/t27-,31+,32-,34?,39?,40?/m0/s1. The lowest BCUT2D eigenvalue weighted by atomic mass is 9.59. The Hall–Kier alpha value is -2.25. The number of hydrogen-bond donors (Lipinski definition) is 2. The number of benzene rings is 1. The van der Waals surface area contributed by atoms with E-state index in [-0.39, 0.29) is 58.4 Å². The largest absolute Gasteiger partial charge is 0.391 e. The zero-order chi connectivity index (χ0) is 34.8. The number of nitrogens with one attached hydrogen (secondary N) is 1. The molecule has 6 atom stereocenters. The maximum Gasteiger partial charge on any atom is 0.243 e. The van der Waals surface area contributed by atoms with Crippen LogP contribution in [0.5, 0.6) is 0 Å². The highest BCUT2D eigenvalue weighted by molar-refractivity contribution is 7.13. The van der Waals surface area contributed by atoms with Crippen LogP contribution in [0.25, 0.3) is 10.4 Å². The molecule has 6 nitrogen and oxygen atoms in total. The Bertz CT molecular complexity index is 1360. The molecule has 3 unspecified atom stereocenters. The van der Waals surface area contributed by atoms with Crippen LogP contribution in [0.3, 0.4) is 0 Å². The average Bonchev–Trinajstić information content (AvgIpc) is 3.58. The van der Waals surface area contributed by atoms with Crippen LogP contribution in [0.1, 0.15) is 144 Å². The maximum absolute atomic E-state index is 14.8. The monoisotopic (exact) mass is 665 g/mol. The van der Waals surface area contributed by atoms with Gasteiger partial charge in [0.05, 0.1) is 28.2 Å². The topological polar surface area (TPSA) is 82.5 Å². The number of carbonyl (C=O) groups is 2. The molecule has 2 N–H and O–H groups in total. The van der Waals surface area contributed by atoms with Crippen molar-refractivity contribution in [3.05, 3.63) is 41.0 Å². The van der Waals surface area contributed by atoms with Gasteiger partial charge in [-0.3, -0.25) is 9.59 Å². The SMILES string of the molecule is Cc1ncsc1-c1ccc([C@H](C)NC(=O)[C@@H]2C[C@@H](O)CN2C(=O)C(C(C)(C)C)C2(C)CCCCCCC(C)(C(C)(C)C)CCC2)cc1. The quantitative estimate of drug-likeness (QED) is 0.322. The molecule has 0 bridgehead atoms. The van der Waals surface area contributed by atoms with Crippen molar-refractivity contribution in [3.8, 4) is 10.4 Å². The van der Waals surface area contributed by atoms with Crippen LogP contribution in [0, 0.1) is 34.5 Å². The predicted octanol–water partition coefficient (Wildman–Crippen LogP) is 9.50. The molecule has 4 rings (SSSR count). The summed E-state index contributed by atoms with van der Waals surface area (Å²) >= 11 is 1.62. The molecule has 0 spiro atoms. The molecule has 2 aliphatic rings. The summed E-state index contributed by atoms with van der Waals surface area (Å²) < 4.78 is 0. The second-order valence-corrected chi connectivity index (χ2v) is 18.4. The van der Waals surface area contributed by atoms with Gasteiger partial charge in [0.25, 0.3) is 0 Å². The lowest BCUT2D eigenvalue weighted by Crippen LogP contribution is -2.54. The van der Waals surface area contributed by atoms with Gasteiger partial charge in [-0.05, 0) is 72.3 Å². The first-order chi connectivity index (χ1) is 21.9. The molecule has 7 heteroatoms. The number of nitrogens with zero attached hydrogens (tertiary/aromatic N) is 2. The van der Waals surface area contributed by atoms with E-state index in [4.69, 9.17) is 0 Å². The molecular formula is C40H63N3O3S. The van der Waals surface area contributed by atoms with Gasteiger partial charge in [-0.1, -0.05) is 112 Å². The van der Waals surface area contributed by atoms with Crippen LogP contribution < -0.4 is 5.32 Å². The Morgan fingerprint density at radius 1 is 0.957 bits per heavy atom. The van der Waals surface area contributed by atoms with E-state index in [1.54, 1.807) is 16.2 Å². The predicted molar refractivity (Wildman–Crippen MR) is 195 cm³/mol. The van der Waals surface area contributed by atoms with Gasteiger partial charge in [-0.2, -0.15) is 0 Å². The average molecular weight is 666 g/mol. The minimum atomic E-state index is -0.708. The Morgan fingerprint density at radius 2 is 1.55 bits per heavy atom. The van der Waals surface area contributed by atoms with E-state index in [1.165, 1.54) is 25.7 Å². The second kappa shape index (κ2) is 14.7. The van der Waals surface area contributed by atoms with E-state index in [0.29, 0.717) is 0 Å². The molecule has 1 aromatic carbocycles. The minimum absolute atomic E-state index is 0.0297. The number of β-amino-alcohol motifs (C(OH)–C–C–N with tert-alkyl or cyclic N) is 1. The Balaban J connectivity index is 1.54. The van der Waals surface area contributed by atoms with E-state index >= 15 is 0 Å². The van der Waals surface area contributed by atoms with Crippen LogP contribution >= 0.6 is 11.3 Å². The fourth-order valence-electron chi connectivity index (χ4n) is 8.65. The molecule has 2 amide bonds. The number of aliphatic hydroxyl groups excluding tert-OH is 1. The van der Waals surface area contributed by atoms with Crippen LogP contribution in [0.4, 0.5) is 0 Å². The lowest BCUT2D eigenvalue weighted by Gasteiger charge is -2.47. The van der Waals surface area contributed by atoms with E-state index < -0.39 is 12.1 Å². The summed E-state index contributed by atoms with van der Waals surface area (Å²) in [5, 5.41) is 14.0. The molecule has 0 radical (unpaired) electrons. The summed E-state index contributed by atoms with van der Waals surface area (Å²) in [6, 6.07) is 7.34. The Labute approximate surface area is 289 Å². The molecule has 1 aliphatic carbocycles. The second-order valence-electron chi connectivity index (χ2n) is 17.5. The van der Waals surface area contributed by atoms with Gasteiger partial charge < -0.3 is 15.3 Å². The van der Waals surface area contributed by atoms with Crippen molar-refractivity contribution in [2.24, 2.45) is 27.6 Å². The Kier molecular flexibility index (Phi) is 11.7. The lowest BCUT2D eigenvalue weighted by molar-refractivity contribution is -0.151. The number of carbonyl (C=O) groups excluding carboxylic acids is 2. The smallest absolute Gasteiger partial charge is 0.243 e. The number of thiazole rings is 1. The number of aryl methyl sites for hydroxylation is 1. The molecular weight excluding hydrogens is 603 g/mol. The van der Waals surface area contributed by atoms with Gasteiger partial charge in [0.2, 0.25) is 11.8 Å². The third kappa shape index (κ3) is 8.68. The zero-order valence-corrected chi connectivity index (χ0v) is 31.9. The van der Waals surface area contributed by atoms with Crippen molar-refractivity contribution in [2.45, 2.75) is 152 Å². The van der Waals surface area contributed by atoms with Crippen LogP contribution in [0.15, 0.2) is 29.8 Å². The number of aliphatic hydroxyl groups is 1. The maximum atomic E-state index is 14.8. The van der Waals surface area contributed by atoms with Gasteiger partial charge in [-0.25, -0.2) is 4.98 Å². The number of hydrogen-bond acceptors (Lipinski definition) is 5. The molecule has 1 aromatic heterocycles. The number of amides is 2. The van der Waals surface area contributed by atoms with Crippen molar-refractivity contribution in [2.75, 3.05) is 6.54 Å². The molecule has 47 heavy (non-hydrogen) atoms. The van der Waals surface area contributed by atoms with Crippen molar-refractivity contribution in [3.63, 3.8) is 0 Å². The number of rotatable bonds is 6. The summed E-state index contributed by atoms with van der Waals surface area (Å²) in [6.07, 6.45) is 9.89. The Morgan fingerprint density at radius 3 is 2.13 bits per heavy atom. The highest BCUT2D eigenvalue weighted by Crippen LogP contribution is 2.52. The fraction of sp³-hybridized carbons (Fsp3) is 0.725. The third-order valence-corrected chi connectivity index (χ3v) is 12.9. The molecule has 262 valence electrons. The first-order valence-electron chi connectivity index (χ1n) is 18.2. The molecule has 1 saturated heterocycles. The first-order valence-corrected chi connectivity index (χ1v) is 19.0. The van der Waals surface area contributed by atoms with E-state index in [1.807, 2.05) is 19.4 Å². The third-order valence-electron chi connectivity index (χ3n) is 12.0. The van der Waals surface area contributed by atoms with Gasteiger partial charge >= 0.3 is 0 Å². The van der Waals surface area contributed by atoms with Gasteiger partial charge in [0.15, 0.2) is 0 Å². The molecule has 1 aliphatic heterocycles. The van der Waals surface area contributed by atoms with Gasteiger partial charge in [-0.15, -0.1) is 11.3 Å². The number of aromatic nitrogens is 1. The van der Waals surface area contributed by atoms with Crippen molar-refractivity contribution < 1.29 is 14.7 Å². The minimum Gasteiger partial charge on any atom is -0.391 e. The zero-order valence-electron chi connectivity index (χ0n) is 31.0. The molecule has 2 fully saturated rings. The van der Waals surface area contributed by atoms with Crippen LogP contribution in [0.2, 0.25) is 0 Å². The highest BCUT2D eigenvalue weighted by atomic mass is 32.1. The van der Waals surface area contributed by atoms with E-state index in [0.717, 1.165) is 53.8 Å². The normalized spacial score (nSPS) is 27.9. The summed E-state index contributed by atoms with van der Waals surface area (Å²) in [6.45, 7) is 22.7. The summed E-state index contributed by atoms with van der Waals surface area (Å²) in [5.41, 5.74) is 4.99. The molecule has 2 heterocycles. The van der Waals surface area contributed by atoms with Gasteiger partial charge in [0, 0.05) is 18.9 Å². The number of likely N-dealkylation sites (tertiary alicyclic amines) is 1.